The van der Waals surface area contributed by atoms with E-state index in [1.54, 1.807) is 6.92 Å². The van der Waals surface area contributed by atoms with Crippen molar-refractivity contribution in [2.45, 2.75) is 26.9 Å². The van der Waals surface area contributed by atoms with E-state index in [1.807, 2.05) is 19.9 Å². The van der Waals surface area contributed by atoms with Crippen LogP contribution in [0.3, 0.4) is 0 Å². The number of thiophene rings is 1. The fraction of sp³-hybridized carbons (Fsp3) is 0.200. The highest BCUT2D eigenvalue weighted by atomic mass is 32.1. The van der Waals surface area contributed by atoms with Crippen LogP contribution in [0.2, 0.25) is 0 Å². The Hall–Kier alpha value is -3.86. The Morgan fingerprint density at radius 1 is 1.26 bits per heavy atom. The van der Waals surface area contributed by atoms with Crippen molar-refractivity contribution < 1.29 is 18.9 Å². The van der Waals surface area contributed by atoms with Crippen LogP contribution in [-0.4, -0.2) is 26.1 Å². The summed E-state index contributed by atoms with van der Waals surface area (Å²) in [7, 11) is 0. The number of aryl methyl sites for hydroxylation is 2. The van der Waals surface area contributed by atoms with Crippen molar-refractivity contribution in [2.75, 3.05) is 5.73 Å². The number of benzene rings is 1. The minimum atomic E-state index is -0.827. The topological polar surface area (TPSA) is 147 Å². The summed E-state index contributed by atoms with van der Waals surface area (Å²) in [4.78, 5) is 28.4. The first kappa shape index (κ1) is 20.4. The van der Waals surface area contributed by atoms with Crippen molar-refractivity contribution in [3.05, 3.63) is 62.5 Å². The molecule has 0 bridgehead atoms. The standard InChI is InChI=1S/C20H17N5O5S/c1-9-8-10(2)22-19-14(9)15(21)16(31-19)20(26)29-11(3)17-23-24-18(30-17)12-4-6-13(7-5-12)25(27)28/h4-8,11H,21H2,1-3H3. The number of nitro benzene ring substituents is 1. The molecule has 0 radical (unpaired) electrons. The van der Waals surface area contributed by atoms with E-state index >= 15 is 0 Å². The molecule has 2 N–H and O–H groups in total. The molecule has 1 atom stereocenters. The first-order chi connectivity index (χ1) is 14.7. The Morgan fingerprint density at radius 2 is 1.97 bits per heavy atom. The highest BCUT2D eigenvalue weighted by Gasteiger charge is 2.25. The zero-order chi connectivity index (χ0) is 22.3. The number of fused-ring (bicyclic) bond motifs is 1. The van der Waals surface area contributed by atoms with Gasteiger partial charge in [0.25, 0.3) is 11.6 Å². The van der Waals surface area contributed by atoms with Crippen molar-refractivity contribution in [3.63, 3.8) is 0 Å². The number of nitrogen functional groups attached to an aromatic ring is 1. The molecule has 0 aliphatic rings. The van der Waals surface area contributed by atoms with E-state index in [4.69, 9.17) is 14.9 Å². The predicted molar refractivity (Wildman–Crippen MR) is 114 cm³/mol. The van der Waals surface area contributed by atoms with E-state index in [2.05, 4.69) is 15.2 Å². The predicted octanol–water partition coefficient (Wildman–Crippen LogP) is 4.37. The second-order valence-corrected chi connectivity index (χ2v) is 7.90. The third-order valence-corrected chi connectivity index (χ3v) is 5.69. The molecule has 1 aromatic carbocycles. The number of hydrogen-bond acceptors (Lipinski definition) is 10. The second kappa shape index (κ2) is 7.76. The zero-order valence-electron chi connectivity index (χ0n) is 16.8. The van der Waals surface area contributed by atoms with Gasteiger partial charge in [-0.1, -0.05) is 0 Å². The molecule has 4 rings (SSSR count). The Morgan fingerprint density at radius 3 is 2.65 bits per heavy atom. The van der Waals surface area contributed by atoms with E-state index in [-0.39, 0.29) is 22.3 Å². The quantitative estimate of drug-likeness (QED) is 0.272. The number of carbonyl (C=O) groups is 1. The van der Waals surface area contributed by atoms with Gasteiger partial charge in [-0.15, -0.1) is 21.5 Å². The molecule has 0 aliphatic carbocycles. The number of pyridine rings is 1. The summed E-state index contributed by atoms with van der Waals surface area (Å²) >= 11 is 1.17. The van der Waals surface area contributed by atoms with Crippen LogP contribution in [0.5, 0.6) is 0 Å². The molecule has 0 spiro atoms. The summed E-state index contributed by atoms with van der Waals surface area (Å²) in [5, 5.41) is 19.4. The first-order valence-corrected chi connectivity index (χ1v) is 10.0. The van der Waals surface area contributed by atoms with Crippen LogP contribution in [0.25, 0.3) is 21.7 Å². The Balaban J connectivity index is 1.54. The minimum Gasteiger partial charge on any atom is -0.448 e. The van der Waals surface area contributed by atoms with E-state index in [0.717, 1.165) is 16.6 Å². The van der Waals surface area contributed by atoms with Crippen molar-refractivity contribution in [1.82, 2.24) is 15.2 Å². The molecule has 31 heavy (non-hydrogen) atoms. The number of anilines is 1. The van der Waals surface area contributed by atoms with Crippen LogP contribution in [0.4, 0.5) is 11.4 Å². The summed E-state index contributed by atoms with van der Waals surface area (Å²) in [6.45, 7) is 5.39. The number of nitrogens with two attached hydrogens (primary N) is 1. The lowest BCUT2D eigenvalue weighted by atomic mass is 10.1. The van der Waals surface area contributed by atoms with Crippen LogP contribution in [-0.2, 0) is 4.74 Å². The van der Waals surface area contributed by atoms with Gasteiger partial charge < -0.3 is 14.9 Å². The smallest absolute Gasteiger partial charge is 0.351 e. The van der Waals surface area contributed by atoms with Crippen molar-refractivity contribution >= 4 is 38.9 Å². The molecule has 3 aromatic heterocycles. The van der Waals surface area contributed by atoms with Gasteiger partial charge in [-0.3, -0.25) is 10.1 Å². The number of non-ortho nitro benzene ring substituents is 1. The average Bonchev–Trinajstić information content (AvgIpc) is 3.33. The molecular formula is C20H17N5O5S. The van der Waals surface area contributed by atoms with Crippen LogP contribution < -0.4 is 5.73 Å². The summed E-state index contributed by atoms with van der Waals surface area (Å²) < 4.78 is 11.1. The van der Waals surface area contributed by atoms with Gasteiger partial charge in [-0.05, 0) is 44.5 Å². The maximum Gasteiger partial charge on any atom is 0.351 e. The van der Waals surface area contributed by atoms with Gasteiger partial charge in [0.1, 0.15) is 9.71 Å². The fourth-order valence-electron chi connectivity index (χ4n) is 3.13. The maximum absolute atomic E-state index is 12.7. The van der Waals surface area contributed by atoms with Crippen molar-refractivity contribution in [2.24, 2.45) is 0 Å². The van der Waals surface area contributed by atoms with Crippen LogP contribution in [0.1, 0.15) is 39.8 Å². The second-order valence-electron chi connectivity index (χ2n) is 6.90. The molecule has 10 nitrogen and oxygen atoms in total. The van der Waals surface area contributed by atoms with Crippen molar-refractivity contribution in [1.29, 1.82) is 0 Å². The number of hydrogen-bond donors (Lipinski definition) is 1. The van der Waals surface area contributed by atoms with Gasteiger partial charge in [0.15, 0.2) is 6.10 Å². The van der Waals surface area contributed by atoms with E-state index in [1.165, 1.54) is 35.6 Å². The Labute approximate surface area is 179 Å². The van der Waals surface area contributed by atoms with E-state index < -0.39 is 17.0 Å². The maximum atomic E-state index is 12.7. The van der Waals surface area contributed by atoms with Crippen LogP contribution >= 0.6 is 11.3 Å². The van der Waals surface area contributed by atoms with Gasteiger partial charge >= 0.3 is 5.97 Å². The SMILES string of the molecule is Cc1cc(C)c2c(N)c(C(=O)OC(C)c3nnc(-c4ccc([N+](=O)[O-])cc4)o3)sc2n1. The largest absolute Gasteiger partial charge is 0.448 e. The fourth-order valence-corrected chi connectivity index (χ4v) is 4.23. The number of nitro groups is 1. The summed E-state index contributed by atoms with van der Waals surface area (Å²) in [5.41, 5.74) is 8.76. The molecule has 158 valence electrons. The monoisotopic (exact) mass is 439 g/mol. The Bertz CT molecular complexity index is 1310. The molecule has 0 fully saturated rings. The third kappa shape index (κ3) is 3.82. The van der Waals surface area contributed by atoms with E-state index in [0.29, 0.717) is 16.1 Å². The van der Waals surface area contributed by atoms with Crippen LogP contribution in [0.15, 0.2) is 34.7 Å². The lowest BCUT2D eigenvalue weighted by Gasteiger charge is -2.08. The number of aromatic nitrogens is 3. The van der Waals surface area contributed by atoms with Crippen molar-refractivity contribution in [3.8, 4) is 11.5 Å². The van der Waals surface area contributed by atoms with Gasteiger partial charge in [0.2, 0.25) is 5.89 Å². The van der Waals surface area contributed by atoms with E-state index in [9.17, 15) is 14.9 Å². The molecule has 0 amide bonds. The lowest BCUT2D eigenvalue weighted by Crippen LogP contribution is -2.09. The summed E-state index contributed by atoms with van der Waals surface area (Å²) in [5.74, 6) is -0.365. The number of carbonyl (C=O) groups excluding carboxylic acids is 1. The molecule has 3 heterocycles. The average molecular weight is 439 g/mol. The number of rotatable bonds is 5. The molecule has 0 aliphatic heterocycles. The minimum absolute atomic E-state index is 0.0494. The summed E-state index contributed by atoms with van der Waals surface area (Å²) in [6, 6.07) is 7.58. The number of esters is 1. The molecular weight excluding hydrogens is 422 g/mol. The Kier molecular flexibility index (Phi) is 5.11. The number of ether oxygens (including phenoxy) is 1. The normalized spacial score (nSPS) is 12.1. The molecule has 0 saturated heterocycles. The van der Waals surface area contributed by atoms with Gasteiger partial charge in [0.05, 0.1) is 10.6 Å². The van der Waals surface area contributed by atoms with Gasteiger partial charge in [-0.25, -0.2) is 9.78 Å². The number of nitrogens with zero attached hydrogens (tertiary/aromatic N) is 4. The first-order valence-electron chi connectivity index (χ1n) is 9.20. The zero-order valence-corrected chi connectivity index (χ0v) is 17.6. The third-order valence-electron chi connectivity index (χ3n) is 4.61. The lowest BCUT2D eigenvalue weighted by molar-refractivity contribution is -0.384. The van der Waals surface area contributed by atoms with Crippen LogP contribution in [0, 0.1) is 24.0 Å². The molecule has 0 saturated carbocycles. The summed E-state index contributed by atoms with van der Waals surface area (Å²) in [6.07, 6.45) is -0.827. The highest BCUT2D eigenvalue weighted by Crippen LogP contribution is 2.36. The van der Waals surface area contributed by atoms with Gasteiger partial charge in [0, 0.05) is 28.8 Å². The van der Waals surface area contributed by atoms with Gasteiger partial charge in [-0.2, -0.15) is 0 Å². The molecule has 4 aromatic rings. The molecule has 11 heteroatoms. The molecule has 1 unspecified atom stereocenters. The highest BCUT2D eigenvalue weighted by molar-refractivity contribution is 7.21.